The molecule has 0 aromatic rings. The van der Waals surface area contributed by atoms with E-state index in [4.69, 9.17) is 37.0 Å². The lowest BCUT2D eigenvalue weighted by Gasteiger charge is -2.21. The summed E-state index contributed by atoms with van der Waals surface area (Å²) in [7, 11) is -9.90. The Hall–Kier alpha value is -1.94. The monoisotopic (exact) mass is 1270 g/mol. The Morgan fingerprint density at radius 1 is 0.291 bits per heavy atom. The quantitative estimate of drug-likeness (QED) is 0.0222. The van der Waals surface area contributed by atoms with Gasteiger partial charge in [-0.2, -0.15) is 0 Å². The third-order valence-electron chi connectivity index (χ3n) is 15.3. The fourth-order valence-electron chi connectivity index (χ4n) is 9.96. The number of hydrogen-bond acceptors (Lipinski definition) is 15. The molecule has 86 heavy (non-hydrogen) atoms. The van der Waals surface area contributed by atoms with Crippen molar-refractivity contribution < 1.29 is 80.2 Å². The minimum atomic E-state index is -4.95. The molecule has 0 spiro atoms. The lowest BCUT2D eigenvalue weighted by atomic mass is 10.0. The molecular weight excluding hydrogens is 1140 g/mol. The topological polar surface area (TPSA) is 237 Å². The highest BCUT2D eigenvalue weighted by Gasteiger charge is 2.30. The first kappa shape index (κ1) is 84.1. The Morgan fingerprint density at radius 2 is 0.488 bits per heavy atom. The number of carbonyl (C=O) groups is 4. The minimum absolute atomic E-state index is 0.102. The van der Waals surface area contributed by atoms with Crippen LogP contribution in [0.3, 0.4) is 0 Å². The van der Waals surface area contributed by atoms with Crippen LogP contribution in [-0.2, 0) is 65.4 Å². The van der Waals surface area contributed by atoms with E-state index in [9.17, 15) is 43.2 Å². The second-order valence-corrected chi connectivity index (χ2v) is 29.0. The van der Waals surface area contributed by atoms with E-state index in [1.807, 2.05) is 0 Å². The van der Waals surface area contributed by atoms with Crippen molar-refractivity contribution in [3.8, 4) is 0 Å². The average Bonchev–Trinajstić information content (AvgIpc) is 3.54. The molecule has 0 aromatic carbocycles. The van der Waals surface area contributed by atoms with Gasteiger partial charge in [-0.05, 0) is 49.4 Å². The maximum Gasteiger partial charge on any atom is 0.472 e. The summed E-state index contributed by atoms with van der Waals surface area (Å²) >= 11 is 0. The molecule has 0 bridgehead atoms. The number of ether oxygens (including phenoxy) is 4. The summed E-state index contributed by atoms with van der Waals surface area (Å²) in [6.07, 6.45) is 37.7. The number of esters is 4. The Bertz CT molecular complexity index is 1710. The molecule has 0 aliphatic rings. The van der Waals surface area contributed by atoms with E-state index >= 15 is 0 Å². The third-order valence-corrected chi connectivity index (χ3v) is 17.2. The van der Waals surface area contributed by atoms with Gasteiger partial charge in [-0.1, -0.05) is 274 Å². The van der Waals surface area contributed by atoms with E-state index in [-0.39, 0.29) is 25.7 Å². The van der Waals surface area contributed by atoms with Crippen LogP contribution in [0.25, 0.3) is 0 Å². The van der Waals surface area contributed by atoms with Gasteiger partial charge in [0.2, 0.25) is 0 Å². The van der Waals surface area contributed by atoms with Gasteiger partial charge in [0.25, 0.3) is 0 Å². The van der Waals surface area contributed by atoms with Gasteiger partial charge < -0.3 is 33.8 Å². The fraction of sp³-hybridized carbons (Fsp3) is 0.940. The number of rotatable bonds is 64. The molecule has 0 radical (unpaired) electrons. The van der Waals surface area contributed by atoms with Crippen molar-refractivity contribution >= 4 is 39.5 Å². The van der Waals surface area contributed by atoms with Gasteiger partial charge in [-0.25, -0.2) is 9.13 Å². The molecule has 0 aromatic heterocycles. The third kappa shape index (κ3) is 60.9. The first-order valence-electron chi connectivity index (χ1n) is 34.7. The average molecular weight is 1270 g/mol. The second kappa shape index (κ2) is 57.0. The summed E-state index contributed by atoms with van der Waals surface area (Å²) in [6, 6.07) is 0. The second-order valence-electron chi connectivity index (χ2n) is 26.1. The first-order chi connectivity index (χ1) is 41.1. The van der Waals surface area contributed by atoms with Crippen molar-refractivity contribution in [1.82, 2.24) is 0 Å². The largest absolute Gasteiger partial charge is 0.472 e. The zero-order valence-electron chi connectivity index (χ0n) is 55.9. The highest BCUT2D eigenvalue weighted by Crippen LogP contribution is 2.45. The zero-order chi connectivity index (χ0) is 63.9. The summed E-state index contributed by atoms with van der Waals surface area (Å²) in [6.45, 7) is 14.0. The summed E-state index contributed by atoms with van der Waals surface area (Å²) in [4.78, 5) is 72.4. The molecule has 17 nitrogen and oxygen atoms in total. The molecule has 0 heterocycles. The molecule has 3 unspecified atom stereocenters. The van der Waals surface area contributed by atoms with E-state index < -0.39 is 97.5 Å². The smallest absolute Gasteiger partial charge is 0.462 e. The lowest BCUT2D eigenvalue weighted by Crippen LogP contribution is -2.30. The Balaban J connectivity index is 5.25. The molecule has 0 aliphatic carbocycles. The highest BCUT2D eigenvalue weighted by molar-refractivity contribution is 7.47. The zero-order valence-corrected chi connectivity index (χ0v) is 57.7. The van der Waals surface area contributed by atoms with Crippen LogP contribution in [0, 0.1) is 23.7 Å². The van der Waals surface area contributed by atoms with Crippen LogP contribution < -0.4 is 0 Å². The van der Waals surface area contributed by atoms with Crippen molar-refractivity contribution in [2.24, 2.45) is 23.7 Å². The van der Waals surface area contributed by atoms with E-state index in [0.29, 0.717) is 37.5 Å². The fourth-order valence-corrected chi connectivity index (χ4v) is 11.5. The normalized spacial score (nSPS) is 14.4. The number of phosphoric ester groups is 2. The molecule has 0 saturated heterocycles. The molecule has 19 heteroatoms. The van der Waals surface area contributed by atoms with Gasteiger partial charge in [-0.3, -0.25) is 37.3 Å². The van der Waals surface area contributed by atoms with Crippen molar-refractivity contribution in [3.05, 3.63) is 0 Å². The highest BCUT2D eigenvalue weighted by atomic mass is 31.2. The number of carbonyl (C=O) groups excluding carboxylic acids is 4. The summed E-state index contributed by atoms with van der Waals surface area (Å²) < 4.78 is 68.1. The Labute approximate surface area is 524 Å². The van der Waals surface area contributed by atoms with Gasteiger partial charge in [0, 0.05) is 25.7 Å². The van der Waals surface area contributed by atoms with Crippen LogP contribution in [0.2, 0.25) is 0 Å². The number of phosphoric acid groups is 2. The standard InChI is InChI=1S/C67H130O17P2/c1-57(2)43-35-27-19-13-10-9-11-15-24-33-41-49-66(71)83-62(53-77-64(69)47-39-31-23-16-12-14-20-28-36-44-58(3)4)55-81-85(73,74)79-51-61(68)52-80-86(75,76)82-56-63(84-67(72)50-42-34-26-18-22-30-38-46-60(7)8)54-78-65(70)48-40-32-25-17-21-29-37-45-59(5)6/h57-63,68H,9-56H2,1-8H3,(H,73,74)(H,75,76)/t61?,62-,63-/m1/s1. The van der Waals surface area contributed by atoms with Crippen LogP contribution in [0.4, 0.5) is 0 Å². The van der Waals surface area contributed by atoms with Gasteiger partial charge in [-0.15, -0.1) is 0 Å². The van der Waals surface area contributed by atoms with Crippen LogP contribution in [0.15, 0.2) is 0 Å². The van der Waals surface area contributed by atoms with Gasteiger partial charge in [0.05, 0.1) is 26.4 Å². The molecule has 510 valence electrons. The van der Waals surface area contributed by atoms with E-state index in [0.717, 1.165) is 108 Å². The molecule has 3 N–H and O–H groups in total. The predicted molar refractivity (Wildman–Crippen MR) is 344 cm³/mol. The van der Waals surface area contributed by atoms with Crippen molar-refractivity contribution in [2.75, 3.05) is 39.6 Å². The first-order valence-corrected chi connectivity index (χ1v) is 37.7. The van der Waals surface area contributed by atoms with Crippen LogP contribution in [0.1, 0.15) is 325 Å². The van der Waals surface area contributed by atoms with Crippen molar-refractivity contribution in [1.29, 1.82) is 0 Å². The van der Waals surface area contributed by atoms with Crippen molar-refractivity contribution in [3.63, 3.8) is 0 Å². The molecule has 0 amide bonds. The van der Waals surface area contributed by atoms with Gasteiger partial charge in [0.1, 0.15) is 19.3 Å². The molecule has 0 saturated carbocycles. The minimum Gasteiger partial charge on any atom is -0.462 e. The number of aliphatic hydroxyl groups excluding tert-OH is 1. The van der Waals surface area contributed by atoms with Crippen molar-refractivity contribution in [2.45, 2.75) is 343 Å². The maximum absolute atomic E-state index is 13.0. The molecule has 0 rings (SSSR count). The number of hydrogen-bond donors (Lipinski definition) is 3. The lowest BCUT2D eigenvalue weighted by molar-refractivity contribution is -0.161. The van der Waals surface area contributed by atoms with Crippen LogP contribution in [-0.4, -0.2) is 96.7 Å². The van der Waals surface area contributed by atoms with E-state index in [1.165, 1.54) is 122 Å². The van der Waals surface area contributed by atoms with E-state index in [1.54, 1.807) is 0 Å². The van der Waals surface area contributed by atoms with E-state index in [2.05, 4.69) is 55.4 Å². The SMILES string of the molecule is CC(C)CCCCCCCCCCCCCC(=O)O[C@H](COC(=O)CCCCCCCCCCCC(C)C)COP(=O)(O)OCC(O)COP(=O)(O)OC[C@@H](COC(=O)CCCCCCCCCC(C)C)OC(=O)CCCCCCCCCC(C)C. The Morgan fingerprint density at radius 3 is 0.721 bits per heavy atom. The molecule has 0 fully saturated rings. The summed E-state index contributed by atoms with van der Waals surface area (Å²) in [5.41, 5.74) is 0. The molecule has 0 aliphatic heterocycles. The Kier molecular flexibility index (Phi) is 55.7. The number of unbranched alkanes of at least 4 members (excludes halogenated alkanes) is 30. The van der Waals surface area contributed by atoms with Gasteiger partial charge >= 0.3 is 39.5 Å². The molecular formula is C67H130O17P2. The predicted octanol–water partition coefficient (Wildman–Crippen LogP) is 18.5. The van der Waals surface area contributed by atoms with Gasteiger partial charge in [0.15, 0.2) is 12.2 Å². The number of aliphatic hydroxyl groups is 1. The summed E-state index contributed by atoms with van der Waals surface area (Å²) in [5.74, 6) is 0.774. The van der Waals surface area contributed by atoms with Crippen LogP contribution in [0.5, 0.6) is 0 Å². The maximum atomic E-state index is 13.0. The summed E-state index contributed by atoms with van der Waals surface area (Å²) in [5, 5.41) is 10.6. The molecule has 5 atom stereocenters. The van der Waals surface area contributed by atoms with Crippen LogP contribution >= 0.6 is 15.6 Å².